The van der Waals surface area contributed by atoms with E-state index in [1.165, 1.54) is 9.87 Å². The average molecular weight is 419 g/mol. The van der Waals surface area contributed by atoms with Gasteiger partial charge in [-0.05, 0) is 30.5 Å². The first kappa shape index (κ1) is 20.9. The van der Waals surface area contributed by atoms with E-state index in [0.29, 0.717) is 37.4 Å². The van der Waals surface area contributed by atoms with E-state index in [2.05, 4.69) is 17.4 Å². The Morgan fingerprint density at radius 3 is 2.25 bits per heavy atom. The Bertz CT molecular complexity index is 850. The highest BCUT2D eigenvalue weighted by Gasteiger charge is 2.31. The number of carbonyl (C=O) groups excluding carboxylic acids is 1. The highest BCUT2D eigenvalue weighted by molar-refractivity contribution is 7.98. The molecule has 0 bridgehead atoms. The number of nitrogens with one attached hydrogen (secondary N) is 1. The van der Waals surface area contributed by atoms with Gasteiger partial charge in [-0.15, -0.1) is 0 Å². The van der Waals surface area contributed by atoms with Crippen LogP contribution in [0.25, 0.3) is 0 Å². The lowest BCUT2D eigenvalue weighted by Gasteiger charge is -2.30. The number of piperidine rings is 1. The van der Waals surface area contributed by atoms with Crippen LogP contribution in [0.3, 0.4) is 0 Å². The Morgan fingerprint density at radius 1 is 1.00 bits per heavy atom. The molecule has 1 N–H and O–H groups in total. The number of amides is 1. The monoisotopic (exact) mass is 418 g/mol. The zero-order chi connectivity index (χ0) is 19.8. The average Bonchev–Trinajstić information content (AvgIpc) is 2.75. The summed E-state index contributed by atoms with van der Waals surface area (Å²) in [7, 11) is -3.46. The van der Waals surface area contributed by atoms with Crippen LogP contribution in [0.5, 0.6) is 0 Å². The van der Waals surface area contributed by atoms with Gasteiger partial charge in [-0.3, -0.25) is 4.79 Å². The van der Waals surface area contributed by atoms with Gasteiger partial charge in [0.1, 0.15) is 0 Å². The first-order valence-corrected chi connectivity index (χ1v) is 12.1. The van der Waals surface area contributed by atoms with Crippen molar-refractivity contribution >= 4 is 27.7 Å². The van der Waals surface area contributed by atoms with Crippen molar-refractivity contribution in [3.8, 4) is 0 Å². The molecule has 5 nitrogen and oxygen atoms in total. The van der Waals surface area contributed by atoms with Crippen molar-refractivity contribution in [2.75, 3.05) is 25.4 Å². The second kappa shape index (κ2) is 10.1. The first-order chi connectivity index (χ1) is 13.6. The fourth-order valence-corrected chi connectivity index (χ4v) is 5.56. The molecule has 1 aliphatic rings. The van der Waals surface area contributed by atoms with Crippen molar-refractivity contribution < 1.29 is 13.2 Å². The zero-order valence-electron chi connectivity index (χ0n) is 15.8. The van der Waals surface area contributed by atoms with Crippen LogP contribution in [0.4, 0.5) is 0 Å². The molecule has 1 heterocycles. The van der Waals surface area contributed by atoms with Crippen molar-refractivity contribution in [1.82, 2.24) is 9.62 Å². The molecule has 7 heteroatoms. The summed E-state index contributed by atoms with van der Waals surface area (Å²) in [6.07, 6.45) is 1.13. The minimum atomic E-state index is -3.46. The molecule has 1 amide bonds. The van der Waals surface area contributed by atoms with Crippen LogP contribution in [-0.2, 0) is 20.6 Å². The predicted molar refractivity (Wildman–Crippen MR) is 114 cm³/mol. The maximum Gasteiger partial charge on any atom is 0.243 e. The molecular formula is C21H26N2O3S2. The normalized spacial score (nSPS) is 16.0. The number of sulfonamides is 1. The topological polar surface area (TPSA) is 66.5 Å². The smallest absolute Gasteiger partial charge is 0.243 e. The van der Waals surface area contributed by atoms with Gasteiger partial charge in [-0.2, -0.15) is 16.1 Å². The van der Waals surface area contributed by atoms with E-state index < -0.39 is 10.0 Å². The maximum atomic E-state index is 12.6. The standard InChI is InChI=1S/C21H26N2O3S2/c24-21(22-13-16-27-17-18-7-3-1-4-8-18)19-11-14-23(15-12-19)28(25,26)20-9-5-2-6-10-20/h1-10,19H,11-17H2,(H,22,24). The molecule has 0 spiro atoms. The molecule has 2 aromatic carbocycles. The van der Waals surface area contributed by atoms with E-state index in [4.69, 9.17) is 0 Å². The SMILES string of the molecule is O=C(NCCSCc1ccccc1)C1CCN(S(=O)(=O)c2ccccc2)CC1. The van der Waals surface area contributed by atoms with Gasteiger partial charge < -0.3 is 5.32 Å². The molecule has 1 saturated heterocycles. The maximum absolute atomic E-state index is 12.6. The lowest BCUT2D eigenvalue weighted by atomic mass is 9.97. The highest BCUT2D eigenvalue weighted by Crippen LogP contribution is 2.23. The molecule has 0 aliphatic carbocycles. The number of benzene rings is 2. The number of hydrogen-bond acceptors (Lipinski definition) is 4. The Labute approximate surface area is 171 Å². The Balaban J connectivity index is 1.38. The summed E-state index contributed by atoms with van der Waals surface area (Å²) >= 11 is 1.79. The number of hydrogen-bond donors (Lipinski definition) is 1. The molecule has 0 atom stereocenters. The van der Waals surface area contributed by atoms with Gasteiger partial charge in [0, 0.05) is 37.1 Å². The minimum Gasteiger partial charge on any atom is -0.355 e. The molecule has 0 aromatic heterocycles. The van der Waals surface area contributed by atoms with Crippen LogP contribution in [-0.4, -0.2) is 44.0 Å². The molecule has 1 fully saturated rings. The van der Waals surface area contributed by atoms with Gasteiger partial charge >= 0.3 is 0 Å². The molecule has 0 unspecified atom stereocenters. The number of thioether (sulfide) groups is 1. The predicted octanol–water partition coefficient (Wildman–Crippen LogP) is 3.14. The summed E-state index contributed by atoms with van der Waals surface area (Å²) in [6.45, 7) is 1.41. The van der Waals surface area contributed by atoms with Crippen molar-refractivity contribution in [2.45, 2.75) is 23.5 Å². The second-order valence-corrected chi connectivity index (χ2v) is 9.86. The quantitative estimate of drug-likeness (QED) is 0.669. The summed E-state index contributed by atoms with van der Waals surface area (Å²) in [5.41, 5.74) is 1.28. The number of rotatable bonds is 8. The first-order valence-electron chi connectivity index (χ1n) is 9.52. The van der Waals surface area contributed by atoms with Crippen molar-refractivity contribution in [2.24, 2.45) is 5.92 Å². The van der Waals surface area contributed by atoms with Crippen molar-refractivity contribution in [3.63, 3.8) is 0 Å². The van der Waals surface area contributed by atoms with Crippen LogP contribution >= 0.6 is 11.8 Å². The summed E-state index contributed by atoms with van der Waals surface area (Å²) in [4.78, 5) is 12.7. The van der Waals surface area contributed by atoms with E-state index in [9.17, 15) is 13.2 Å². The van der Waals surface area contributed by atoms with Crippen LogP contribution in [0, 0.1) is 5.92 Å². The summed E-state index contributed by atoms with van der Waals surface area (Å²) < 4.78 is 26.8. The molecule has 28 heavy (non-hydrogen) atoms. The van der Waals surface area contributed by atoms with Gasteiger partial charge in [0.2, 0.25) is 15.9 Å². The minimum absolute atomic E-state index is 0.0390. The molecule has 1 aliphatic heterocycles. The summed E-state index contributed by atoms with van der Waals surface area (Å²) in [6, 6.07) is 18.7. The van der Waals surface area contributed by atoms with E-state index in [1.807, 2.05) is 18.2 Å². The van der Waals surface area contributed by atoms with Gasteiger partial charge in [0.25, 0.3) is 0 Å². The van der Waals surface area contributed by atoms with Crippen LogP contribution in [0.1, 0.15) is 18.4 Å². The van der Waals surface area contributed by atoms with E-state index in [1.54, 1.807) is 42.1 Å². The third-order valence-corrected chi connectivity index (χ3v) is 7.81. The zero-order valence-corrected chi connectivity index (χ0v) is 17.4. The van der Waals surface area contributed by atoms with E-state index in [0.717, 1.165) is 11.5 Å². The van der Waals surface area contributed by atoms with E-state index >= 15 is 0 Å². The van der Waals surface area contributed by atoms with Gasteiger partial charge in [0.05, 0.1) is 4.90 Å². The lowest BCUT2D eigenvalue weighted by molar-refractivity contribution is -0.125. The largest absolute Gasteiger partial charge is 0.355 e. The highest BCUT2D eigenvalue weighted by atomic mass is 32.2. The van der Waals surface area contributed by atoms with Crippen LogP contribution < -0.4 is 5.32 Å². The fourth-order valence-electron chi connectivity index (χ4n) is 3.25. The molecular weight excluding hydrogens is 392 g/mol. The van der Waals surface area contributed by atoms with Crippen LogP contribution in [0.15, 0.2) is 65.6 Å². The number of carbonyl (C=O) groups is 1. The third kappa shape index (κ3) is 5.59. The Morgan fingerprint density at radius 2 is 1.61 bits per heavy atom. The van der Waals surface area contributed by atoms with Crippen LogP contribution in [0.2, 0.25) is 0 Å². The second-order valence-electron chi connectivity index (χ2n) is 6.82. The van der Waals surface area contributed by atoms with Gasteiger partial charge in [-0.25, -0.2) is 8.42 Å². The van der Waals surface area contributed by atoms with Crippen molar-refractivity contribution in [3.05, 3.63) is 66.2 Å². The summed E-state index contributed by atoms with van der Waals surface area (Å²) in [5, 5.41) is 3.00. The fraction of sp³-hybridized carbons (Fsp3) is 0.381. The third-order valence-electron chi connectivity index (χ3n) is 4.86. The Kier molecular flexibility index (Phi) is 7.53. The summed E-state index contributed by atoms with van der Waals surface area (Å²) in [5.74, 6) is 1.73. The molecule has 0 saturated carbocycles. The lowest BCUT2D eigenvalue weighted by Crippen LogP contribution is -2.43. The Hall–Kier alpha value is -1.83. The van der Waals surface area contributed by atoms with Gasteiger partial charge in [0.15, 0.2) is 0 Å². The van der Waals surface area contributed by atoms with Crippen molar-refractivity contribution in [1.29, 1.82) is 0 Å². The molecule has 0 radical (unpaired) electrons. The van der Waals surface area contributed by atoms with Gasteiger partial charge in [-0.1, -0.05) is 48.5 Å². The molecule has 3 rings (SSSR count). The molecule has 2 aromatic rings. The van der Waals surface area contributed by atoms with E-state index in [-0.39, 0.29) is 11.8 Å². The number of nitrogens with zero attached hydrogens (tertiary/aromatic N) is 1. The molecule has 150 valence electrons.